The summed E-state index contributed by atoms with van der Waals surface area (Å²) in [5.74, 6) is -1.38. The van der Waals surface area contributed by atoms with Crippen molar-refractivity contribution in [2.24, 2.45) is 0 Å². The van der Waals surface area contributed by atoms with Crippen LogP contribution in [0.1, 0.15) is 41.5 Å². The van der Waals surface area contributed by atoms with Crippen LogP contribution in [0.3, 0.4) is 0 Å². The summed E-state index contributed by atoms with van der Waals surface area (Å²) in [4.78, 5) is 36.2. The van der Waals surface area contributed by atoms with E-state index in [4.69, 9.17) is 23.2 Å². The minimum Gasteiger partial charge on any atom is -0.267 e. The molecule has 7 nitrogen and oxygen atoms in total. The maximum Gasteiger partial charge on any atom is 0.282 e. The number of nitro groups is 1. The summed E-state index contributed by atoms with van der Waals surface area (Å²) in [6.07, 6.45) is 0. The SMILES string of the molecule is CC(C)(C)N(NC(=O)c1cccc(Cl)c1Cl)C(=O)c1ccccc1[N+](=O)[O-]. The molecule has 9 heteroatoms. The first-order valence-electron chi connectivity index (χ1n) is 7.87. The van der Waals surface area contributed by atoms with Gasteiger partial charge in [-0.25, -0.2) is 5.01 Å². The van der Waals surface area contributed by atoms with Crippen molar-refractivity contribution in [2.45, 2.75) is 26.3 Å². The summed E-state index contributed by atoms with van der Waals surface area (Å²) in [6.45, 7) is 5.04. The van der Waals surface area contributed by atoms with Crippen LogP contribution >= 0.6 is 23.2 Å². The molecule has 0 bridgehead atoms. The number of amides is 2. The Morgan fingerprint density at radius 1 is 1.04 bits per heavy atom. The number of carbonyl (C=O) groups is 2. The molecule has 0 radical (unpaired) electrons. The van der Waals surface area contributed by atoms with Crippen LogP contribution in [0.5, 0.6) is 0 Å². The van der Waals surface area contributed by atoms with Crippen LogP contribution < -0.4 is 5.43 Å². The predicted octanol–water partition coefficient (Wildman–Crippen LogP) is 4.49. The van der Waals surface area contributed by atoms with Crippen LogP contribution in [0.4, 0.5) is 5.69 Å². The van der Waals surface area contributed by atoms with Crippen LogP contribution in [0.2, 0.25) is 10.0 Å². The van der Waals surface area contributed by atoms with E-state index < -0.39 is 22.3 Å². The molecule has 142 valence electrons. The van der Waals surface area contributed by atoms with Gasteiger partial charge < -0.3 is 0 Å². The molecular formula is C18H17Cl2N3O4. The van der Waals surface area contributed by atoms with E-state index in [0.29, 0.717) is 0 Å². The number of nitro benzene ring substituents is 1. The average molecular weight is 410 g/mol. The van der Waals surface area contributed by atoms with Gasteiger partial charge >= 0.3 is 0 Å². The third kappa shape index (κ3) is 4.56. The fraction of sp³-hybridized carbons (Fsp3) is 0.222. The van der Waals surface area contributed by atoms with Gasteiger partial charge in [0, 0.05) is 6.07 Å². The van der Waals surface area contributed by atoms with Gasteiger partial charge in [-0.1, -0.05) is 41.4 Å². The zero-order chi connectivity index (χ0) is 20.4. The van der Waals surface area contributed by atoms with Gasteiger partial charge in [0.1, 0.15) is 5.56 Å². The number of nitrogens with zero attached hydrogens (tertiary/aromatic N) is 2. The van der Waals surface area contributed by atoms with E-state index in [1.54, 1.807) is 26.8 Å². The highest BCUT2D eigenvalue weighted by Gasteiger charge is 2.33. The highest BCUT2D eigenvalue weighted by atomic mass is 35.5. The lowest BCUT2D eigenvalue weighted by Crippen LogP contribution is -2.56. The summed E-state index contributed by atoms with van der Waals surface area (Å²) < 4.78 is 0. The molecule has 2 aromatic rings. The first-order chi connectivity index (χ1) is 12.5. The third-order valence-corrected chi connectivity index (χ3v) is 4.43. The van der Waals surface area contributed by atoms with Crippen molar-refractivity contribution in [2.75, 3.05) is 0 Å². The molecule has 1 N–H and O–H groups in total. The maximum atomic E-state index is 13.0. The molecule has 2 rings (SSSR count). The molecular weight excluding hydrogens is 393 g/mol. The molecule has 0 saturated heterocycles. The lowest BCUT2D eigenvalue weighted by Gasteiger charge is -2.35. The summed E-state index contributed by atoms with van der Waals surface area (Å²) >= 11 is 12.0. The molecule has 27 heavy (non-hydrogen) atoms. The molecule has 2 amide bonds. The Kier molecular flexibility index (Phi) is 6.08. The molecule has 0 aromatic heterocycles. The number of para-hydroxylation sites is 1. The highest BCUT2D eigenvalue weighted by molar-refractivity contribution is 6.43. The van der Waals surface area contributed by atoms with Crippen LogP contribution in [0, 0.1) is 10.1 Å². The second kappa shape index (κ2) is 7.94. The Morgan fingerprint density at radius 3 is 2.22 bits per heavy atom. The van der Waals surface area contributed by atoms with Crippen molar-refractivity contribution in [3.8, 4) is 0 Å². The van der Waals surface area contributed by atoms with Gasteiger partial charge in [0.05, 0.1) is 26.1 Å². The van der Waals surface area contributed by atoms with Crippen molar-refractivity contribution in [1.82, 2.24) is 10.4 Å². The number of hydrogen-bond donors (Lipinski definition) is 1. The van der Waals surface area contributed by atoms with Crippen molar-refractivity contribution in [3.63, 3.8) is 0 Å². The van der Waals surface area contributed by atoms with Crippen molar-refractivity contribution >= 4 is 40.7 Å². The van der Waals surface area contributed by atoms with Crippen LogP contribution in [-0.4, -0.2) is 27.3 Å². The van der Waals surface area contributed by atoms with Gasteiger partial charge in [0.25, 0.3) is 17.5 Å². The number of rotatable bonds is 3. The van der Waals surface area contributed by atoms with E-state index in [9.17, 15) is 19.7 Å². The summed E-state index contributed by atoms with van der Waals surface area (Å²) in [6, 6.07) is 10.1. The second-order valence-corrected chi connectivity index (χ2v) is 7.41. The minimum absolute atomic E-state index is 0.0451. The van der Waals surface area contributed by atoms with Crippen molar-refractivity contribution < 1.29 is 14.5 Å². The monoisotopic (exact) mass is 409 g/mol. The zero-order valence-corrected chi connectivity index (χ0v) is 16.3. The fourth-order valence-electron chi connectivity index (χ4n) is 2.30. The lowest BCUT2D eigenvalue weighted by atomic mass is 10.1. The van der Waals surface area contributed by atoms with Gasteiger partial charge in [0.2, 0.25) is 0 Å². The number of carbonyl (C=O) groups excluding carboxylic acids is 2. The summed E-state index contributed by atoms with van der Waals surface area (Å²) in [5.41, 5.74) is 1.19. The van der Waals surface area contributed by atoms with Crippen molar-refractivity contribution in [1.29, 1.82) is 0 Å². The van der Waals surface area contributed by atoms with Crippen LogP contribution in [0.15, 0.2) is 42.5 Å². The molecule has 2 aromatic carbocycles. The zero-order valence-electron chi connectivity index (χ0n) is 14.8. The molecule has 0 aliphatic carbocycles. The first-order valence-corrected chi connectivity index (χ1v) is 8.62. The van der Waals surface area contributed by atoms with E-state index in [1.165, 1.54) is 36.4 Å². The van der Waals surface area contributed by atoms with Crippen molar-refractivity contribution in [3.05, 3.63) is 73.8 Å². The normalized spacial score (nSPS) is 11.0. The molecule has 0 spiro atoms. The Balaban J connectivity index is 2.43. The maximum absolute atomic E-state index is 13.0. The van der Waals surface area contributed by atoms with E-state index in [-0.39, 0.29) is 26.9 Å². The Morgan fingerprint density at radius 2 is 1.63 bits per heavy atom. The van der Waals surface area contributed by atoms with E-state index in [0.717, 1.165) is 5.01 Å². The number of halogens is 2. The molecule has 0 aliphatic rings. The largest absolute Gasteiger partial charge is 0.282 e. The number of nitrogens with one attached hydrogen (secondary N) is 1. The number of hydrogen-bond acceptors (Lipinski definition) is 4. The van der Waals surface area contributed by atoms with Gasteiger partial charge in [-0.3, -0.25) is 25.1 Å². The first kappa shape index (κ1) is 20.7. The molecule has 0 fully saturated rings. The molecule has 0 aliphatic heterocycles. The van der Waals surface area contributed by atoms with Gasteiger partial charge in [-0.2, -0.15) is 0 Å². The molecule has 0 saturated carbocycles. The van der Waals surface area contributed by atoms with E-state index in [2.05, 4.69) is 5.43 Å². The topological polar surface area (TPSA) is 92.6 Å². The summed E-state index contributed by atoms with van der Waals surface area (Å²) in [5, 5.41) is 12.5. The van der Waals surface area contributed by atoms with Gasteiger partial charge in [0.15, 0.2) is 0 Å². The van der Waals surface area contributed by atoms with Crippen LogP contribution in [-0.2, 0) is 0 Å². The molecule has 0 unspecified atom stereocenters. The highest BCUT2D eigenvalue weighted by Crippen LogP contribution is 2.27. The average Bonchev–Trinajstić information content (AvgIpc) is 2.60. The Hall–Kier alpha value is -2.64. The van der Waals surface area contributed by atoms with Crippen LogP contribution in [0.25, 0.3) is 0 Å². The smallest absolute Gasteiger partial charge is 0.267 e. The van der Waals surface area contributed by atoms with Gasteiger partial charge in [-0.05, 0) is 39.0 Å². The number of hydrazine groups is 1. The Bertz CT molecular complexity index is 910. The minimum atomic E-state index is -0.874. The quantitative estimate of drug-likeness (QED) is 0.596. The Labute approximate surface area is 166 Å². The number of benzene rings is 2. The molecule has 0 heterocycles. The van der Waals surface area contributed by atoms with Gasteiger partial charge in [-0.15, -0.1) is 0 Å². The predicted molar refractivity (Wildman–Crippen MR) is 103 cm³/mol. The van der Waals surface area contributed by atoms with E-state index in [1.807, 2.05) is 0 Å². The fourth-order valence-corrected chi connectivity index (χ4v) is 2.68. The lowest BCUT2D eigenvalue weighted by molar-refractivity contribution is -0.385. The standard InChI is InChI=1S/C18H17Cl2N3O4/c1-18(2,3)22(17(25)11-7-4-5-10-14(11)23(26)27)21-16(24)12-8-6-9-13(19)15(12)20/h4-10H,1-3H3,(H,21,24). The van der Waals surface area contributed by atoms with E-state index >= 15 is 0 Å². The third-order valence-electron chi connectivity index (χ3n) is 3.61. The molecule has 0 atom stereocenters. The second-order valence-electron chi connectivity index (χ2n) is 6.63. The summed E-state index contributed by atoms with van der Waals surface area (Å²) in [7, 11) is 0.